The molecule has 4 aliphatic rings. The van der Waals surface area contributed by atoms with Crippen LogP contribution in [0, 0.1) is 11.8 Å². The molecule has 10 nitrogen and oxygen atoms in total. The molecule has 1 spiro atoms. The van der Waals surface area contributed by atoms with Crippen molar-refractivity contribution in [2.45, 2.75) is 94.6 Å². The Morgan fingerprint density at radius 1 is 1.23 bits per heavy atom. The second kappa shape index (κ2) is 12.6. The number of hydrogen-bond donors (Lipinski definition) is 2. The van der Waals surface area contributed by atoms with E-state index in [2.05, 4.69) is 18.5 Å². The van der Waals surface area contributed by atoms with Gasteiger partial charge in [-0.1, -0.05) is 31.4 Å². The summed E-state index contributed by atoms with van der Waals surface area (Å²) in [4.78, 5) is 56.6. The van der Waals surface area contributed by atoms with Crippen LogP contribution in [-0.2, 0) is 28.7 Å². The number of fused-ring (bicyclic) bond motifs is 1. The maximum Gasteiger partial charge on any atom is 0.312 e. The lowest BCUT2D eigenvalue weighted by molar-refractivity contribution is -0.159. The normalized spacial score (nSPS) is 30.5. The van der Waals surface area contributed by atoms with Crippen LogP contribution in [0.5, 0.6) is 0 Å². The minimum absolute atomic E-state index is 0.0109. The Balaban J connectivity index is 1.53. The molecule has 3 heterocycles. The van der Waals surface area contributed by atoms with Crippen molar-refractivity contribution in [3.63, 3.8) is 0 Å². The van der Waals surface area contributed by atoms with Gasteiger partial charge in [0.25, 0.3) is 0 Å². The molecule has 1 saturated carbocycles. The molecule has 2 bridgehead atoms. The number of rotatable bonds is 13. The second-order valence-electron chi connectivity index (χ2n) is 11.3. The summed E-state index contributed by atoms with van der Waals surface area (Å²) in [6, 6.07) is -0.846. The van der Waals surface area contributed by atoms with Crippen LogP contribution in [0.1, 0.15) is 64.7 Å². The van der Waals surface area contributed by atoms with E-state index in [1.165, 1.54) is 4.90 Å². The van der Waals surface area contributed by atoms with Crippen molar-refractivity contribution >= 4 is 23.7 Å². The monoisotopic (exact) mass is 545 g/mol. The number of carbonyl (C=O) groups excluding carboxylic acids is 4. The summed E-state index contributed by atoms with van der Waals surface area (Å²) in [7, 11) is 0. The van der Waals surface area contributed by atoms with Gasteiger partial charge in [0.15, 0.2) is 0 Å². The number of amides is 3. The van der Waals surface area contributed by atoms with Gasteiger partial charge in [-0.25, -0.2) is 0 Å². The summed E-state index contributed by atoms with van der Waals surface area (Å²) in [6.07, 6.45) is 9.17. The first-order chi connectivity index (χ1) is 18.8. The first-order valence-corrected chi connectivity index (χ1v) is 14.4. The number of aliphatic hydroxyl groups excluding tert-OH is 1. The number of carbonyl (C=O) groups is 4. The van der Waals surface area contributed by atoms with Gasteiger partial charge in [0, 0.05) is 25.6 Å². The van der Waals surface area contributed by atoms with E-state index in [0.29, 0.717) is 32.2 Å². The van der Waals surface area contributed by atoms with Gasteiger partial charge in [-0.05, 0) is 39.0 Å². The number of aliphatic hydroxyl groups is 1. The van der Waals surface area contributed by atoms with Gasteiger partial charge in [0.2, 0.25) is 17.7 Å². The summed E-state index contributed by atoms with van der Waals surface area (Å²) in [5.74, 6) is -2.95. The van der Waals surface area contributed by atoms with Crippen LogP contribution in [0.4, 0.5) is 0 Å². The molecule has 0 unspecified atom stereocenters. The van der Waals surface area contributed by atoms with Crippen molar-refractivity contribution in [3.8, 4) is 0 Å². The molecule has 10 heteroatoms. The van der Waals surface area contributed by atoms with Gasteiger partial charge in [0.05, 0.1) is 31.1 Å². The Morgan fingerprint density at radius 2 is 1.97 bits per heavy atom. The van der Waals surface area contributed by atoms with Crippen LogP contribution < -0.4 is 5.32 Å². The van der Waals surface area contributed by atoms with E-state index in [4.69, 9.17) is 9.47 Å². The smallest absolute Gasteiger partial charge is 0.312 e. The van der Waals surface area contributed by atoms with Gasteiger partial charge in [-0.3, -0.25) is 19.2 Å². The fourth-order valence-corrected chi connectivity index (χ4v) is 7.05. The predicted molar refractivity (Wildman–Crippen MR) is 143 cm³/mol. The van der Waals surface area contributed by atoms with Crippen LogP contribution in [0.2, 0.25) is 0 Å². The molecular weight excluding hydrogens is 502 g/mol. The zero-order valence-corrected chi connectivity index (χ0v) is 23.0. The number of hydrogen-bond acceptors (Lipinski definition) is 7. The lowest BCUT2D eigenvalue weighted by Crippen LogP contribution is -2.58. The number of nitrogens with one attached hydrogen (secondary N) is 1. The quantitative estimate of drug-likeness (QED) is 0.267. The summed E-state index contributed by atoms with van der Waals surface area (Å²) in [6.45, 7) is 9.35. The largest absolute Gasteiger partial charge is 0.460 e. The zero-order valence-electron chi connectivity index (χ0n) is 23.0. The predicted octanol–water partition coefficient (Wildman–Crippen LogP) is 1.71. The molecule has 4 fully saturated rings. The van der Waals surface area contributed by atoms with Crippen molar-refractivity contribution in [2.75, 3.05) is 26.2 Å². The van der Waals surface area contributed by atoms with E-state index in [9.17, 15) is 24.3 Å². The highest BCUT2D eigenvalue weighted by Crippen LogP contribution is 2.58. The average Bonchev–Trinajstić information content (AvgIpc) is 3.57. The molecule has 0 aromatic heterocycles. The lowest BCUT2D eigenvalue weighted by atomic mass is 9.70. The van der Waals surface area contributed by atoms with E-state index >= 15 is 0 Å². The van der Waals surface area contributed by atoms with Crippen LogP contribution >= 0.6 is 0 Å². The number of esters is 1. The fourth-order valence-electron chi connectivity index (χ4n) is 7.05. The van der Waals surface area contributed by atoms with Crippen LogP contribution in [0.15, 0.2) is 25.3 Å². The Morgan fingerprint density at radius 3 is 2.64 bits per heavy atom. The van der Waals surface area contributed by atoms with Crippen molar-refractivity contribution in [1.29, 1.82) is 0 Å². The maximum atomic E-state index is 14.2. The zero-order chi connectivity index (χ0) is 28.2. The number of allylic oxidation sites excluding steroid dienone is 1. The lowest BCUT2D eigenvalue weighted by Gasteiger charge is -2.40. The summed E-state index contributed by atoms with van der Waals surface area (Å²) in [5.41, 5.74) is -1.13. The van der Waals surface area contributed by atoms with Crippen molar-refractivity contribution in [2.24, 2.45) is 11.8 Å². The van der Waals surface area contributed by atoms with Gasteiger partial charge in [0.1, 0.15) is 17.7 Å². The molecule has 0 aromatic carbocycles. The molecule has 1 aliphatic carbocycles. The van der Waals surface area contributed by atoms with Crippen molar-refractivity contribution in [1.82, 2.24) is 15.1 Å². The standard InChI is InChI=1S/C29H43N3O7/c1-4-6-12-22(34)30-18-19(3)38-28(37)23-21-13-14-29(39-21)24(23)26(35)32(16-17-33)25(29)27(36)31(15-5-2)20-10-8-7-9-11-20/h4-5,19-21,23-25,33H,1-2,6-18H2,3H3,(H,30,34)/t19-,21+,23-,24-,25+,29-/m0/s1. The maximum absolute atomic E-state index is 14.2. The topological polar surface area (TPSA) is 125 Å². The molecule has 4 rings (SSSR count). The van der Waals surface area contributed by atoms with Gasteiger partial charge < -0.3 is 29.7 Å². The molecule has 216 valence electrons. The molecule has 39 heavy (non-hydrogen) atoms. The van der Waals surface area contributed by atoms with Gasteiger partial charge >= 0.3 is 5.97 Å². The fraction of sp³-hybridized carbons (Fsp3) is 0.724. The molecule has 3 saturated heterocycles. The number of likely N-dealkylation sites (tertiary alicyclic amines) is 1. The summed E-state index contributed by atoms with van der Waals surface area (Å²) < 4.78 is 12.1. The summed E-state index contributed by atoms with van der Waals surface area (Å²) in [5, 5.41) is 12.6. The van der Waals surface area contributed by atoms with E-state index in [1.807, 2.05) is 4.90 Å². The van der Waals surface area contributed by atoms with Crippen LogP contribution in [0.25, 0.3) is 0 Å². The molecule has 3 aliphatic heterocycles. The molecule has 0 radical (unpaired) electrons. The van der Waals surface area contributed by atoms with Gasteiger partial charge in [-0.2, -0.15) is 0 Å². The number of β-amino-alcohol motifs (C(OH)–C–C–N with tert-alkyl or cyclic N) is 1. The van der Waals surface area contributed by atoms with E-state index in [0.717, 1.165) is 32.1 Å². The van der Waals surface area contributed by atoms with Gasteiger partial charge in [-0.15, -0.1) is 13.2 Å². The number of ether oxygens (including phenoxy) is 2. The van der Waals surface area contributed by atoms with Crippen molar-refractivity contribution < 1.29 is 33.8 Å². The first kappa shape index (κ1) is 29.3. The third-order valence-electron chi connectivity index (χ3n) is 8.75. The Kier molecular flexibility index (Phi) is 9.48. The van der Waals surface area contributed by atoms with E-state index in [-0.39, 0.29) is 43.5 Å². The molecule has 0 aromatic rings. The highest BCUT2D eigenvalue weighted by molar-refractivity contribution is 5.98. The Labute approximate surface area is 230 Å². The number of nitrogens with zero attached hydrogens (tertiary/aromatic N) is 2. The van der Waals surface area contributed by atoms with E-state index in [1.54, 1.807) is 19.1 Å². The second-order valence-corrected chi connectivity index (χ2v) is 11.3. The SMILES string of the molecule is C=CCCC(=O)NC[C@H](C)OC(=O)[C@@H]1[C@H]2C(=O)N(CCO)[C@H](C(=O)N(CC=C)C3CCCCC3)[C@]23CC[C@H]1O3. The summed E-state index contributed by atoms with van der Waals surface area (Å²) >= 11 is 0. The van der Waals surface area contributed by atoms with Crippen LogP contribution in [-0.4, -0.2) is 94.7 Å². The van der Waals surface area contributed by atoms with E-state index < -0.39 is 41.7 Å². The third kappa shape index (κ3) is 5.63. The van der Waals surface area contributed by atoms with Crippen LogP contribution in [0.3, 0.4) is 0 Å². The molecule has 6 atom stereocenters. The minimum Gasteiger partial charge on any atom is -0.460 e. The average molecular weight is 546 g/mol. The third-order valence-corrected chi connectivity index (χ3v) is 8.75. The Bertz CT molecular complexity index is 965. The molecular formula is C29H43N3O7. The minimum atomic E-state index is -1.13. The molecule has 2 N–H and O–H groups in total. The molecule has 3 amide bonds. The first-order valence-electron chi connectivity index (χ1n) is 14.4. The highest BCUT2D eigenvalue weighted by atomic mass is 16.6. The van der Waals surface area contributed by atoms with Crippen molar-refractivity contribution in [3.05, 3.63) is 25.3 Å². The Hall–Kier alpha value is -2.72. The highest BCUT2D eigenvalue weighted by Gasteiger charge is 2.75.